The molecule has 5 atom stereocenters. The molecule has 12 heteroatoms. The monoisotopic (exact) mass is 611 g/mol. The number of carboxylic acid groups (broad SMARTS) is 1. The van der Waals surface area contributed by atoms with Crippen molar-refractivity contribution in [2.24, 2.45) is 17.6 Å². The second kappa shape index (κ2) is 19.6. The second-order valence-corrected chi connectivity index (χ2v) is 10.9. The van der Waals surface area contributed by atoms with Crippen molar-refractivity contribution in [1.82, 2.24) is 0 Å². The predicted molar refractivity (Wildman–Crippen MR) is 158 cm³/mol. The molecule has 0 aliphatic carbocycles. The van der Waals surface area contributed by atoms with Crippen LogP contribution in [0.3, 0.4) is 0 Å². The summed E-state index contributed by atoms with van der Waals surface area (Å²) in [6.45, 7) is 13.1. The maximum atomic E-state index is 12.5. The highest BCUT2D eigenvalue weighted by atomic mass is 16.7. The van der Waals surface area contributed by atoms with Crippen LogP contribution < -0.4 is 15.2 Å². The van der Waals surface area contributed by atoms with Crippen LogP contribution in [0, 0.1) is 11.8 Å². The lowest BCUT2D eigenvalue weighted by Gasteiger charge is -2.32. The summed E-state index contributed by atoms with van der Waals surface area (Å²) in [5.74, 6) is -3.14. The number of aliphatic carboxylic acids is 1. The third kappa shape index (κ3) is 13.5. The van der Waals surface area contributed by atoms with Crippen molar-refractivity contribution in [2.75, 3.05) is 13.2 Å². The Morgan fingerprint density at radius 2 is 1.26 bits per heavy atom. The molecule has 3 N–H and O–H groups in total. The van der Waals surface area contributed by atoms with Crippen molar-refractivity contribution in [2.45, 2.75) is 111 Å². The van der Waals surface area contributed by atoms with Gasteiger partial charge in [0.25, 0.3) is 0 Å². The third-order valence-electron chi connectivity index (χ3n) is 7.16. The van der Waals surface area contributed by atoms with E-state index in [1.807, 2.05) is 27.7 Å². The molecular weight excluding hydrogens is 562 g/mol. The Labute approximate surface area is 254 Å². The molecule has 0 aliphatic rings. The van der Waals surface area contributed by atoms with Crippen LogP contribution in [0.1, 0.15) is 98.5 Å². The summed E-state index contributed by atoms with van der Waals surface area (Å²) in [4.78, 5) is 49.2. The van der Waals surface area contributed by atoms with Crippen molar-refractivity contribution in [3.63, 3.8) is 0 Å². The van der Waals surface area contributed by atoms with E-state index in [-0.39, 0.29) is 36.7 Å². The molecule has 0 amide bonds. The van der Waals surface area contributed by atoms with Crippen LogP contribution in [0.15, 0.2) is 18.2 Å². The van der Waals surface area contributed by atoms with Crippen LogP contribution in [0.5, 0.6) is 11.5 Å². The zero-order valence-electron chi connectivity index (χ0n) is 26.5. The number of carboxylic acids is 1. The Kier molecular flexibility index (Phi) is 17.1. The van der Waals surface area contributed by atoms with Crippen LogP contribution in [0.4, 0.5) is 14.4 Å². The molecule has 244 valence electrons. The lowest BCUT2D eigenvalue weighted by molar-refractivity contribution is -0.139. The lowest BCUT2D eigenvalue weighted by atomic mass is 9.79. The van der Waals surface area contributed by atoms with Gasteiger partial charge in [-0.15, -0.1) is 0 Å². The van der Waals surface area contributed by atoms with E-state index in [4.69, 9.17) is 34.2 Å². The van der Waals surface area contributed by atoms with Gasteiger partial charge in [-0.2, -0.15) is 0 Å². The summed E-state index contributed by atoms with van der Waals surface area (Å²) in [5, 5.41) is 9.81. The molecule has 1 aromatic carbocycles. The van der Waals surface area contributed by atoms with Gasteiger partial charge < -0.3 is 39.3 Å². The highest BCUT2D eigenvalue weighted by Gasteiger charge is 2.36. The number of ether oxygens (including phenoxy) is 6. The minimum absolute atomic E-state index is 0.0690. The molecule has 0 fully saturated rings. The first kappa shape index (κ1) is 37.5. The Hall–Kier alpha value is -3.54. The summed E-state index contributed by atoms with van der Waals surface area (Å²) in [6.07, 6.45) is 0.795. The predicted octanol–water partition coefficient (Wildman–Crippen LogP) is 6.82. The first-order valence-electron chi connectivity index (χ1n) is 15.0. The minimum atomic E-state index is -1.43. The van der Waals surface area contributed by atoms with Gasteiger partial charge in [-0.25, -0.2) is 14.4 Å². The molecule has 0 aliphatic heterocycles. The van der Waals surface area contributed by atoms with Gasteiger partial charge in [0.15, 0.2) is 11.5 Å². The van der Waals surface area contributed by atoms with Crippen LogP contribution in [0.25, 0.3) is 0 Å². The van der Waals surface area contributed by atoms with E-state index in [9.17, 15) is 24.3 Å². The van der Waals surface area contributed by atoms with Gasteiger partial charge >= 0.3 is 24.4 Å². The number of rotatable bonds is 18. The zero-order chi connectivity index (χ0) is 32.5. The molecule has 43 heavy (non-hydrogen) atoms. The lowest BCUT2D eigenvalue weighted by Crippen LogP contribution is -2.43. The van der Waals surface area contributed by atoms with Crippen LogP contribution in [-0.4, -0.2) is 61.0 Å². The van der Waals surface area contributed by atoms with Gasteiger partial charge in [-0.1, -0.05) is 66.4 Å². The topological polar surface area (TPSA) is 170 Å². The minimum Gasteiger partial charge on any atom is -0.480 e. The van der Waals surface area contributed by atoms with E-state index in [0.717, 1.165) is 25.7 Å². The zero-order valence-corrected chi connectivity index (χ0v) is 26.5. The van der Waals surface area contributed by atoms with Crippen molar-refractivity contribution < 1.29 is 52.7 Å². The number of benzene rings is 1. The first-order chi connectivity index (χ1) is 20.3. The standard InChI is InChI=1S/C31H49NO11/c1-8-10-12-16-38-29(35)42-24-15-14-23(18-25(24)43-30(36)39-17-13-11-9-2)26(27(32)28(33)34)20(5)22(7)41-31(37)40-21(6)19(3)4/h14-15,18-22,26-27H,8-13,16-17,32H2,1-7H3,(H,33,34)/t20?,21?,22?,26?,27-/m0/s1. The molecule has 0 heterocycles. The Morgan fingerprint density at radius 3 is 1.74 bits per heavy atom. The Morgan fingerprint density at radius 1 is 0.744 bits per heavy atom. The van der Waals surface area contributed by atoms with Gasteiger partial charge in [0.1, 0.15) is 18.2 Å². The van der Waals surface area contributed by atoms with Crippen LogP contribution >= 0.6 is 0 Å². The third-order valence-corrected chi connectivity index (χ3v) is 7.16. The highest BCUT2D eigenvalue weighted by molar-refractivity contribution is 5.75. The summed E-state index contributed by atoms with van der Waals surface area (Å²) in [6, 6.07) is 2.76. The molecule has 1 rings (SSSR count). The van der Waals surface area contributed by atoms with Gasteiger partial charge in [-0.05, 0) is 50.3 Å². The Bertz CT molecular complexity index is 1030. The fourth-order valence-corrected chi connectivity index (χ4v) is 4.01. The van der Waals surface area contributed by atoms with E-state index in [2.05, 4.69) is 0 Å². The fraction of sp³-hybridized carbons (Fsp3) is 0.677. The SMILES string of the molecule is CCCCCOC(=O)Oc1ccc(C(C(C)C(C)OC(=O)OC(C)C(C)C)[C@H](N)C(=O)O)cc1OC(=O)OCCCCC. The van der Waals surface area contributed by atoms with E-state index >= 15 is 0 Å². The van der Waals surface area contributed by atoms with E-state index in [1.165, 1.54) is 18.2 Å². The average Bonchev–Trinajstić information content (AvgIpc) is 2.94. The molecule has 0 radical (unpaired) electrons. The smallest absolute Gasteiger partial charge is 0.480 e. The van der Waals surface area contributed by atoms with Crippen molar-refractivity contribution in [1.29, 1.82) is 0 Å². The van der Waals surface area contributed by atoms with Gasteiger partial charge in [-0.3, -0.25) is 4.79 Å². The molecule has 0 aromatic heterocycles. The van der Waals surface area contributed by atoms with Crippen molar-refractivity contribution in [3.05, 3.63) is 23.8 Å². The number of carbonyl (C=O) groups excluding carboxylic acids is 3. The molecule has 1 aromatic rings. The van der Waals surface area contributed by atoms with Gasteiger partial charge in [0.05, 0.1) is 13.2 Å². The maximum Gasteiger partial charge on any atom is 0.513 e. The summed E-state index contributed by atoms with van der Waals surface area (Å²) < 4.78 is 31.7. The molecule has 12 nitrogen and oxygen atoms in total. The molecule has 0 spiro atoms. The number of hydrogen-bond donors (Lipinski definition) is 2. The van der Waals surface area contributed by atoms with Crippen molar-refractivity contribution >= 4 is 24.4 Å². The van der Waals surface area contributed by atoms with Gasteiger partial charge in [0, 0.05) is 11.8 Å². The van der Waals surface area contributed by atoms with E-state index in [1.54, 1.807) is 20.8 Å². The summed E-state index contributed by atoms with van der Waals surface area (Å²) >= 11 is 0. The van der Waals surface area contributed by atoms with E-state index < -0.39 is 48.4 Å². The molecule has 0 saturated heterocycles. The first-order valence-corrected chi connectivity index (χ1v) is 15.0. The van der Waals surface area contributed by atoms with Crippen LogP contribution in [0.2, 0.25) is 0 Å². The molecular formula is C31H49NO11. The summed E-state index contributed by atoms with van der Waals surface area (Å²) in [5.41, 5.74) is 6.45. The number of nitrogens with two attached hydrogens (primary N) is 1. The average molecular weight is 612 g/mol. The van der Waals surface area contributed by atoms with Crippen molar-refractivity contribution in [3.8, 4) is 11.5 Å². The quantitative estimate of drug-likeness (QED) is 0.0770. The van der Waals surface area contributed by atoms with Crippen LogP contribution in [-0.2, 0) is 23.7 Å². The van der Waals surface area contributed by atoms with E-state index in [0.29, 0.717) is 18.4 Å². The largest absolute Gasteiger partial charge is 0.513 e. The number of hydrogen-bond acceptors (Lipinski definition) is 11. The summed E-state index contributed by atoms with van der Waals surface area (Å²) in [7, 11) is 0. The fourth-order valence-electron chi connectivity index (χ4n) is 4.01. The number of carbonyl (C=O) groups is 4. The molecule has 4 unspecified atom stereocenters. The van der Waals surface area contributed by atoms with Gasteiger partial charge in [0.2, 0.25) is 0 Å². The second-order valence-electron chi connectivity index (χ2n) is 10.9. The molecule has 0 bridgehead atoms. The number of unbranched alkanes of at least 4 members (excludes halogenated alkanes) is 4. The molecule has 0 saturated carbocycles. The maximum absolute atomic E-state index is 12.5. The highest BCUT2D eigenvalue weighted by Crippen LogP contribution is 2.37. The Balaban J connectivity index is 3.32. The normalized spacial score (nSPS) is 14.5.